The van der Waals surface area contributed by atoms with E-state index in [4.69, 9.17) is 4.42 Å². The zero-order chi connectivity index (χ0) is 9.26. The average molecular weight is 178 g/mol. The van der Waals surface area contributed by atoms with Crippen LogP contribution in [0.2, 0.25) is 0 Å². The quantitative estimate of drug-likeness (QED) is 0.484. The fourth-order valence-corrected chi connectivity index (χ4v) is 1.01. The summed E-state index contributed by atoms with van der Waals surface area (Å²) in [6.45, 7) is 0. The third kappa shape index (κ3) is 1.44. The van der Waals surface area contributed by atoms with Gasteiger partial charge in [-0.15, -0.1) is 0 Å². The molecule has 0 spiro atoms. The Morgan fingerprint density at radius 2 is 2.15 bits per heavy atom. The zero-order valence-electron chi connectivity index (χ0n) is 6.53. The number of rotatable bonds is 1. The number of carbonyl (C=O) groups excluding carboxylic acids is 2. The second kappa shape index (κ2) is 2.78. The maximum atomic E-state index is 11.0. The smallest absolute Gasteiger partial charge is 0.326 e. The van der Waals surface area contributed by atoms with Crippen LogP contribution in [0.1, 0.15) is 5.56 Å². The summed E-state index contributed by atoms with van der Waals surface area (Å²) < 4.78 is 4.80. The number of furan rings is 1. The van der Waals surface area contributed by atoms with Crippen molar-refractivity contribution in [1.82, 2.24) is 10.6 Å². The van der Waals surface area contributed by atoms with Gasteiger partial charge < -0.3 is 9.73 Å². The van der Waals surface area contributed by atoms with Crippen molar-refractivity contribution in [2.75, 3.05) is 0 Å². The maximum absolute atomic E-state index is 11.0. The van der Waals surface area contributed by atoms with E-state index in [0.29, 0.717) is 0 Å². The van der Waals surface area contributed by atoms with Crippen LogP contribution in [0, 0.1) is 0 Å². The molecule has 3 amide bonds. The molecular weight excluding hydrogens is 172 g/mol. The van der Waals surface area contributed by atoms with E-state index in [9.17, 15) is 9.59 Å². The molecule has 1 saturated heterocycles. The van der Waals surface area contributed by atoms with Gasteiger partial charge in [-0.25, -0.2) is 4.79 Å². The molecule has 0 atom stereocenters. The normalized spacial score (nSPS) is 18.9. The SMILES string of the molecule is O=C1NC(=O)/C(=C/c2ccoc2)N1. The van der Waals surface area contributed by atoms with E-state index in [1.54, 1.807) is 6.07 Å². The van der Waals surface area contributed by atoms with Gasteiger partial charge in [0.05, 0.1) is 12.5 Å². The van der Waals surface area contributed by atoms with Crippen LogP contribution in [0.3, 0.4) is 0 Å². The predicted octanol–water partition coefficient (Wildman–Crippen LogP) is 0.460. The number of urea groups is 1. The molecule has 1 aliphatic rings. The largest absolute Gasteiger partial charge is 0.472 e. The summed E-state index contributed by atoms with van der Waals surface area (Å²) in [4.78, 5) is 21.7. The van der Waals surface area contributed by atoms with Crippen molar-refractivity contribution in [3.63, 3.8) is 0 Å². The third-order valence-corrected chi connectivity index (χ3v) is 1.57. The predicted molar refractivity (Wildman–Crippen MR) is 43.4 cm³/mol. The van der Waals surface area contributed by atoms with Crippen LogP contribution >= 0.6 is 0 Å². The lowest BCUT2D eigenvalue weighted by molar-refractivity contribution is -0.115. The second-order valence-electron chi connectivity index (χ2n) is 2.52. The molecule has 1 aliphatic heterocycles. The molecule has 2 heterocycles. The number of hydrogen-bond acceptors (Lipinski definition) is 3. The summed E-state index contributed by atoms with van der Waals surface area (Å²) in [5, 5.41) is 4.45. The Bertz CT molecular complexity index is 378. The van der Waals surface area contributed by atoms with Crippen molar-refractivity contribution >= 4 is 18.0 Å². The summed E-state index contributed by atoms with van der Waals surface area (Å²) in [7, 11) is 0. The van der Waals surface area contributed by atoms with Crippen LogP contribution in [-0.4, -0.2) is 11.9 Å². The van der Waals surface area contributed by atoms with Crippen LogP contribution in [0.15, 0.2) is 28.7 Å². The first-order valence-corrected chi connectivity index (χ1v) is 3.62. The molecule has 2 rings (SSSR count). The number of imide groups is 1. The molecule has 0 saturated carbocycles. The first-order chi connectivity index (χ1) is 6.25. The molecule has 66 valence electrons. The number of hydrogen-bond donors (Lipinski definition) is 2. The van der Waals surface area contributed by atoms with Crippen LogP contribution in [0.5, 0.6) is 0 Å². The van der Waals surface area contributed by atoms with Gasteiger partial charge >= 0.3 is 6.03 Å². The molecule has 0 bridgehead atoms. The van der Waals surface area contributed by atoms with Gasteiger partial charge in [-0.05, 0) is 12.1 Å². The first-order valence-electron chi connectivity index (χ1n) is 3.62. The molecule has 1 aromatic heterocycles. The zero-order valence-corrected chi connectivity index (χ0v) is 6.53. The number of carbonyl (C=O) groups is 2. The lowest BCUT2D eigenvalue weighted by Crippen LogP contribution is -2.22. The highest BCUT2D eigenvalue weighted by Gasteiger charge is 2.22. The summed E-state index contributed by atoms with van der Waals surface area (Å²) >= 11 is 0. The Hall–Kier alpha value is -2.04. The molecule has 1 aromatic rings. The lowest BCUT2D eigenvalue weighted by Gasteiger charge is -1.89. The topological polar surface area (TPSA) is 71.3 Å². The Morgan fingerprint density at radius 1 is 1.31 bits per heavy atom. The van der Waals surface area contributed by atoms with E-state index in [1.165, 1.54) is 18.6 Å². The monoisotopic (exact) mass is 178 g/mol. The fourth-order valence-electron chi connectivity index (χ4n) is 1.01. The Balaban J connectivity index is 2.27. The Kier molecular flexibility index (Phi) is 1.63. The molecule has 1 fully saturated rings. The molecule has 0 radical (unpaired) electrons. The lowest BCUT2D eigenvalue weighted by atomic mass is 10.3. The van der Waals surface area contributed by atoms with Crippen molar-refractivity contribution in [1.29, 1.82) is 0 Å². The van der Waals surface area contributed by atoms with Gasteiger partial charge in [0.2, 0.25) is 0 Å². The van der Waals surface area contributed by atoms with Crippen molar-refractivity contribution < 1.29 is 14.0 Å². The molecule has 0 unspecified atom stereocenters. The summed E-state index contributed by atoms with van der Waals surface area (Å²) in [5.74, 6) is -0.425. The van der Waals surface area contributed by atoms with E-state index in [2.05, 4.69) is 10.6 Å². The number of amides is 3. The molecule has 5 nitrogen and oxygen atoms in total. The second-order valence-corrected chi connectivity index (χ2v) is 2.52. The van der Waals surface area contributed by atoms with Gasteiger partial charge in [0.1, 0.15) is 5.70 Å². The Labute approximate surface area is 73.4 Å². The van der Waals surface area contributed by atoms with E-state index in [-0.39, 0.29) is 5.70 Å². The van der Waals surface area contributed by atoms with Gasteiger partial charge in [0.25, 0.3) is 5.91 Å². The summed E-state index contributed by atoms with van der Waals surface area (Å²) in [5.41, 5.74) is 0.957. The van der Waals surface area contributed by atoms with Crippen molar-refractivity contribution in [2.24, 2.45) is 0 Å². The minimum Gasteiger partial charge on any atom is -0.472 e. The standard InChI is InChI=1S/C8H6N2O3/c11-7-6(9-8(12)10-7)3-5-1-2-13-4-5/h1-4H,(H2,9,10,11,12)/b6-3-. The van der Waals surface area contributed by atoms with E-state index in [1.807, 2.05) is 0 Å². The first kappa shape index (κ1) is 7.60. The van der Waals surface area contributed by atoms with Crippen LogP contribution in [0.4, 0.5) is 4.79 Å². The Morgan fingerprint density at radius 3 is 2.69 bits per heavy atom. The minimum atomic E-state index is -0.500. The van der Waals surface area contributed by atoms with Crippen LogP contribution in [0.25, 0.3) is 6.08 Å². The summed E-state index contributed by atoms with van der Waals surface area (Å²) in [6.07, 6.45) is 4.50. The molecule has 2 N–H and O–H groups in total. The molecule has 0 aliphatic carbocycles. The summed E-state index contributed by atoms with van der Waals surface area (Å²) in [6, 6.07) is 1.19. The number of nitrogens with one attached hydrogen (secondary N) is 2. The highest BCUT2D eigenvalue weighted by Crippen LogP contribution is 2.07. The highest BCUT2D eigenvalue weighted by molar-refractivity contribution is 6.13. The van der Waals surface area contributed by atoms with Gasteiger partial charge in [-0.3, -0.25) is 10.1 Å². The van der Waals surface area contributed by atoms with Crippen LogP contribution in [-0.2, 0) is 4.79 Å². The van der Waals surface area contributed by atoms with E-state index < -0.39 is 11.9 Å². The van der Waals surface area contributed by atoms with Gasteiger partial charge in [-0.2, -0.15) is 0 Å². The highest BCUT2D eigenvalue weighted by atomic mass is 16.3. The van der Waals surface area contributed by atoms with Gasteiger partial charge in [-0.1, -0.05) is 0 Å². The average Bonchev–Trinajstić information content (AvgIpc) is 2.63. The maximum Gasteiger partial charge on any atom is 0.326 e. The van der Waals surface area contributed by atoms with Crippen LogP contribution < -0.4 is 10.6 Å². The van der Waals surface area contributed by atoms with Gasteiger partial charge in [0, 0.05) is 5.56 Å². The van der Waals surface area contributed by atoms with Crippen molar-refractivity contribution in [2.45, 2.75) is 0 Å². The molecule has 13 heavy (non-hydrogen) atoms. The minimum absolute atomic E-state index is 0.228. The van der Waals surface area contributed by atoms with Crippen molar-refractivity contribution in [3.8, 4) is 0 Å². The van der Waals surface area contributed by atoms with Gasteiger partial charge in [0.15, 0.2) is 0 Å². The van der Waals surface area contributed by atoms with Crippen molar-refractivity contribution in [3.05, 3.63) is 29.9 Å². The van der Waals surface area contributed by atoms with E-state index >= 15 is 0 Å². The van der Waals surface area contributed by atoms with E-state index in [0.717, 1.165) is 5.56 Å². The molecule has 0 aromatic carbocycles. The fraction of sp³-hybridized carbons (Fsp3) is 0. The molecular formula is C8H6N2O3. The molecule has 5 heteroatoms. The third-order valence-electron chi connectivity index (χ3n) is 1.57.